The Hall–Kier alpha value is -2.60. The zero-order chi connectivity index (χ0) is 23.3. The number of rotatable bonds is 15. The van der Waals surface area contributed by atoms with Gasteiger partial charge in [0.15, 0.2) is 0 Å². The smallest absolute Gasteiger partial charge is 0.144 e. The molecular weight excluding hydrogens is 396 g/mol. The Kier molecular flexibility index (Phi) is 11.0. The van der Waals surface area contributed by atoms with Gasteiger partial charge in [-0.1, -0.05) is 65.2 Å². The van der Waals surface area contributed by atoms with Gasteiger partial charge >= 0.3 is 0 Å². The van der Waals surface area contributed by atoms with E-state index in [2.05, 4.69) is 36.0 Å². The van der Waals surface area contributed by atoms with Gasteiger partial charge in [0, 0.05) is 31.4 Å². The molecule has 2 rings (SSSR count). The summed E-state index contributed by atoms with van der Waals surface area (Å²) in [6.07, 6.45) is 18.8. The number of nitriles is 2. The molecule has 174 valence electrons. The molecule has 0 amide bonds. The normalized spacial score (nSPS) is 13.9. The van der Waals surface area contributed by atoms with Crippen LogP contribution in [0.25, 0.3) is 0 Å². The highest BCUT2D eigenvalue weighted by Crippen LogP contribution is 2.33. The molecule has 0 aliphatic carbocycles. The SMILES string of the molecule is CCCCCCCCCCCc1nccn1C(C#N)C(C(C)C#N)n1cc(C)nc1CC. The summed E-state index contributed by atoms with van der Waals surface area (Å²) in [7, 11) is 0. The van der Waals surface area contributed by atoms with E-state index in [0.717, 1.165) is 36.6 Å². The van der Waals surface area contributed by atoms with Gasteiger partial charge in [-0.3, -0.25) is 0 Å². The van der Waals surface area contributed by atoms with Gasteiger partial charge in [0.05, 0.1) is 29.8 Å². The third-order valence-electron chi connectivity index (χ3n) is 6.29. The van der Waals surface area contributed by atoms with Crippen molar-refractivity contribution >= 4 is 0 Å². The van der Waals surface area contributed by atoms with Crippen LogP contribution in [-0.2, 0) is 12.8 Å². The van der Waals surface area contributed by atoms with Crippen molar-refractivity contribution in [1.29, 1.82) is 10.5 Å². The summed E-state index contributed by atoms with van der Waals surface area (Å²) in [5.41, 5.74) is 0.911. The van der Waals surface area contributed by atoms with Crippen LogP contribution in [0.1, 0.15) is 108 Å². The number of hydrogen-bond acceptors (Lipinski definition) is 4. The molecule has 3 unspecified atom stereocenters. The first kappa shape index (κ1) is 25.7. The fourth-order valence-corrected chi connectivity index (χ4v) is 4.52. The molecular formula is C26H40N6. The maximum absolute atomic E-state index is 10.2. The van der Waals surface area contributed by atoms with E-state index in [-0.39, 0.29) is 12.0 Å². The maximum atomic E-state index is 10.2. The van der Waals surface area contributed by atoms with Crippen molar-refractivity contribution in [2.75, 3.05) is 0 Å². The molecule has 0 aliphatic rings. The lowest BCUT2D eigenvalue weighted by molar-refractivity contribution is 0.313. The molecule has 2 aromatic heterocycles. The van der Waals surface area contributed by atoms with Crippen molar-refractivity contribution in [2.24, 2.45) is 5.92 Å². The Morgan fingerprint density at radius 3 is 2.16 bits per heavy atom. The molecule has 0 N–H and O–H groups in total. The molecule has 0 spiro atoms. The second-order valence-electron chi connectivity index (χ2n) is 8.87. The van der Waals surface area contributed by atoms with Gasteiger partial charge in [-0.15, -0.1) is 0 Å². The largest absolute Gasteiger partial charge is 0.327 e. The summed E-state index contributed by atoms with van der Waals surface area (Å²) < 4.78 is 4.03. The van der Waals surface area contributed by atoms with Crippen LogP contribution in [0.4, 0.5) is 0 Å². The van der Waals surface area contributed by atoms with Gasteiger partial charge in [-0.2, -0.15) is 10.5 Å². The Bertz CT molecular complexity index is 881. The standard InChI is InChI=1S/C26H40N6/c1-5-7-8-9-10-11-12-13-14-15-25-29-16-17-31(25)23(19-28)26(21(3)18-27)32-20-22(4)30-24(32)6-2/h16-17,20-21,23,26H,5-15H2,1-4H3. The Labute approximate surface area is 194 Å². The number of hydrogen-bond donors (Lipinski definition) is 0. The van der Waals surface area contributed by atoms with Gasteiger partial charge in [0.25, 0.3) is 0 Å². The zero-order valence-electron chi connectivity index (χ0n) is 20.4. The Morgan fingerprint density at radius 1 is 0.906 bits per heavy atom. The van der Waals surface area contributed by atoms with Gasteiger partial charge < -0.3 is 9.13 Å². The summed E-state index contributed by atoms with van der Waals surface area (Å²) in [6, 6.07) is 4.04. The predicted octanol–water partition coefficient (Wildman–Crippen LogP) is 6.49. The zero-order valence-corrected chi connectivity index (χ0v) is 20.4. The van der Waals surface area contributed by atoms with Crippen LogP contribution in [0, 0.1) is 35.5 Å². The van der Waals surface area contributed by atoms with Gasteiger partial charge in [-0.25, -0.2) is 9.97 Å². The van der Waals surface area contributed by atoms with Gasteiger partial charge in [-0.05, 0) is 20.3 Å². The minimum absolute atomic E-state index is 0.308. The lowest BCUT2D eigenvalue weighted by atomic mass is 9.95. The number of aromatic nitrogens is 4. The molecule has 0 saturated heterocycles. The number of unbranched alkanes of at least 4 members (excludes halogenated alkanes) is 8. The van der Waals surface area contributed by atoms with Crippen LogP contribution >= 0.6 is 0 Å². The van der Waals surface area contributed by atoms with Crippen molar-refractivity contribution in [1.82, 2.24) is 19.1 Å². The Balaban J connectivity index is 2.05. The molecule has 32 heavy (non-hydrogen) atoms. The van der Waals surface area contributed by atoms with Crippen LogP contribution in [0.15, 0.2) is 18.6 Å². The summed E-state index contributed by atoms with van der Waals surface area (Å²) in [4.78, 5) is 9.17. The minimum Gasteiger partial charge on any atom is -0.327 e. The van der Waals surface area contributed by atoms with Crippen molar-refractivity contribution in [3.05, 3.63) is 35.9 Å². The van der Waals surface area contributed by atoms with E-state index in [1.807, 2.05) is 35.4 Å². The van der Waals surface area contributed by atoms with E-state index in [1.165, 1.54) is 51.4 Å². The first-order chi connectivity index (χ1) is 15.6. The molecule has 0 bridgehead atoms. The first-order valence-electron chi connectivity index (χ1n) is 12.4. The van der Waals surface area contributed by atoms with Crippen molar-refractivity contribution in [3.8, 4) is 12.1 Å². The molecule has 0 saturated carbocycles. The monoisotopic (exact) mass is 436 g/mol. The molecule has 0 aliphatic heterocycles. The topological polar surface area (TPSA) is 83.2 Å². The summed E-state index contributed by atoms with van der Waals surface area (Å²) >= 11 is 0. The van der Waals surface area contributed by atoms with Crippen LogP contribution in [0.3, 0.4) is 0 Å². The molecule has 2 aromatic rings. The van der Waals surface area contributed by atoms with Crippen molar-refractivity contribution < 1.29 is 0 Å². The summed E-state index contributed by atoms with van der Waals surface area (Å²) in [5.74, 6) is 1.52. The van der Waals surface area contributed by atoms with E-state index in [1.54, 1.807) is 6.20 Å². The fraction of sp³-hybridized carbons (Fsp3) is 0.692. The fourth-order valence-electron chi connectivity index (χ4n) is 4.52. The van der Waals surface area contributed by atoms with E-state index in [0.29, 0.717) is 0 Å². The van der Waals surface area contributed by atoms with E-state index in [9.17, 15) is 10.5 Å². The average molecular weight is 437 g/mol. The van der Waals surface area contributed by atoms with Crippen molar-refractivity contribution in [2.45, 2.75) is 110 Å². The second kappa shape index (κ2) is 13.7. The summed E-state index contributed by atoms with van der Waals surface area (Å²) in [6.45, 7) is 8.15. The Morgan fingerprint density at radius 2 is 1.56 bits per heavy atom. The lowest BCUT2D eigenvalue weighted by Crippen LogP contribution is -2.28. The second-order valence-corrected chi connectivity index (χ2v) is 8.87. The molecule has 3 atom stereocenters. The molecule has 0 fully saturated rings. The van der Waals surface area contributed by atoms with Crippen molar-refractivity contribution in [3.63, 3.8) is 0 Å². The number of aryl methyl sites for hydroxylation is 3. The maximum Gasteiger partial charge on any atom is 0.144 e. The average Bonchev–Trinajstić information content (AvgIpc) is 3.41. The molecule has 0 radical (unpaired) electrons. The minimum atomic E-state index is -0.500. The van der Waals surface area contributed by atoms with E-state index >= 15 is 0 Å². The predicted molar refractivity (Wildman–Crippen MR) is 128 cm³/mol. The first-order valence-corrected chi connectivity index (χ1v) is 12.4. The van der Waals surface area contributed by atoms with E-state index < -0.39 is 6.04 Å². The van der Waals surface area contributed by atoms with Crippen LogP contribution < -0.4 is 0 Å². The highest BCUT2D eigenvalue weighted by molar-refractivity contribution is 5.13. The molecule has 6 nitrogen and oxygen atoms in total. The quantitative estimate of drug-likeness (QED) is 0.299. The summed E-state index contributed by atoms with van der Waals surface area (Å²) in [5, 5.41) is 19.9. The highest BCUT2D eigenvalue weighted by Gasteiger charge is 2.32. The molecule has 0 aromatic carbocycles. The van der Waals surface area contributed by atoms with Gasteiger partial charge in [0.2, 0.25) is 0 Å². The molecule has 2 heterocycles. The third-order valence-corrected chi connectivity index (χ3v) is 6.29. The third kappa shape index (κ3) is 6.95. The lowest BCUT2D eigenvalue weighted by Gasteiger charge is -2.28. The number of imidazole rings is 2. The van der Waals surface area contributed by atoms with Crippen LogP contribution in [0.2, 0.25) is 0 Å². The highest BCUT2D eigenvalue weighted by atomic mass is 15.2. The van der Waals surface area contributed by atoms with Gasteiger partial charge in [0.1, 0.15) is 17.7 Å². The number of nitrogens with zero attached hydrogens (tertiary/aromatic N) is 6. The molecule has 6 heteroatoms. The van der Waals surface area contributed by atoms with Crippen LogP contribution in [0.5, 0.6) is 0 Å². The van der Waals surface area contributed by atoms with Crippen LogP contribution in [-0.4, -0.2) is 19.1 Å². The van der Waals surface area contributed by atoms with E-state index in [4.69, 9.17) is 0 Å².